The zero-order valence-electron chi connectivity index (χ0n) is 18.8. The minimum absolute atomic E-state index is 0.225. The summed E-state index contributed by atoms with van der Waals surface area (Å²) in [6.45, 7) is 0.556. The lowest BCUT2D eigenvalue weighted by molar-refractivity contribution is -0.116. The minimum Gasteiger partial charge on any atom is -0.371 e. The van der Waals surface area contributed by atoms with Crippen LogP contribution in [0.25, 0.3) is 0 Å². The first kappa shape index (κ1) is 23.9. The number of hydrogen-bond donors (Lipinski definition) is 3. The van der Waals surface area contributed by atoms with Gasteiger partial charge in [-0.3, -0.25) is 9.59 Å². The van der Waals surface area contributed by atoms with Gasteiger partial charge in [0, 0.05) is 12.1 Å². The number of benzene rings is 2. The van der Waals surface area contributed by atoms with Crippen LogP contribution in [0.5, 0.6) is 0 Å². The summed E-state index contributed by atoms with van der Waals surface area (Å²) in [4.78, 5) is 25.1. The van der Waals surface area contributed by atoms with E-state index in [2.05, 4.69) is 22.0 Å². The van der Waals surface area contributed by atoms with Gasteiger partial charge in [-0.25, -0.2) is 12.8 Å². The van der Waals surface area contributed by atoms with E-state index < -0.39 is 33.4 Å². The summed E-state index contributed by atoms with van der Waals surface area (Å²) in [7, 11) is -3.64. The van der Waals surface area contributed by atoms with Crippen LogP contribution in [0, 0.1) is 5.82 Å². The number of carbonyl (C=O) groups excluding carboxylic acids is 2. The Balaban J connectivity index is 1.35. The second-order valence-corrected chi connectivity index (χ2v) is 10.9. The molecular weight excluding hydrogens is 457 g/mol. The lowest BCUT2D eigenvalue weighted by Crippen LogP contribution is -2.43. The monoisotopic (exact) mass is 485 g/mol. The van der Waals surface area contributed by atoms with Crippen molar-refractivity contribution in [2.24, 2.45) is 0 Å². The Kier molecular flexibility index (Phi) is 7.31. The molecule has 1 atom stereocenters. The molecule has 34 heavy (non-hydrogen) atoms. The average Bonchev–Trinajstić information content (AvgIpc) is 2.81. The highest BCUT2D eigenvalue weighted by atomic mass is 32.2. The molecule has 180 valence electrons. The van der Waals surface area contributed by atoms with Crippen LogP contribution in [0.3, 0.4) is 0 Å². The predicted molar refractivity (Wildman–Crippen MR) is 130 cm³/mol. The Morgan fingerprint density at radius 3 is 2.62 bits per heavy atom. The van der Waals surface area contributed by atoms with Crippen molar-refractivity contribution in [2.75, 3.05) is 22.9 Å². The number of halogens is 1. The Labute approximate surface area is 198 Å². The van der Waals surface area contributed by atoms with Crippen molar-refractivity contribution >= 4 is 33.0 Å². The van der Waals surface area contributed by atoms with Gasteiger partial charge in [0.15, 0.2) is 9.84 Å². The fourth-order valence-corrected chi connectivity index (χ4v) is 5.78. The molecule has 0 unspecified atom stereocenters. The number of anilines is 2. The number of amides is 2. The van der Waals surface area contributed by atoms with Crippen molar-refractivity contribution < 1.29 is 22.4 Å². The fourth-order valence-electron chi connectivity index (χ4n) is 4.22. The standard InChI is InChI=1S/C25H28FN3O4S/c26-20-9-6-18(7-10-20)15-34(32,33)16-23-25(31)29-22-14-19(8-11-21(22)28-23)24(30)27-13-12-17-4-2-1-3-5-17/h4,6-11,14,23,28H,1-3,5,12-13,15-16H2,(H,27,30)(H,29,31)/t23-/m1/s1. The molecule has 0 aromatic heterocycles. The highest BCUT2D eigenvalue weighted by Gasteiger charge is 2.30. The van der Waals surface area contributed by atoms with Crippen LogP contribution in [0.2, 0.25) is 0 Å². The van der Waals surface area contributed by atoms with E-state index in [0.29, 0.717) is 29.0 Å². The van der Waals surface area contributed by atoms with Gasteiger partial charge in [0.05, 0.1) is 22.9 Å². The summed E-state index contributed by atoms with van der Waals surface area (Å²) >= 11 is 0. The molecule has 7 nitrogen and oxygen atoms in total. The van der Waals surface area contributed by atoms with Crippen LogP contribution in [0.4, 0.5) is 15.8 Å². The van der Waals surface area contributed by atoms with Crippen molar-refractivity contribution in [3.05, 3.63) is 71.1 Å². The first-order valence-corrected chi connectivity index (χ1v) is 13.2. The van der Waals surface area contributed by atoms with E-state index in [1.54, 1.807) is 18.2 Å². The Morgan fingerprint density at radius 2 is 1.88 bits per heavy atom. The van der Waals surface area contributed by atoms with Crippen molar-refractivity contribution in [3.8, 4) is 0 Å². The van der Waals surface area contributed by atoms with Crippen molar-refractivity contribution in [3.63, 3.8) is 0 Å². The van der Waals surface area contributed by atoms with E-state index in [1.807, 2.05) is 0 Å². The maximum atomic E-state index is 13.1. The van der Waals surface area contributed by atoms with E-state index >= 15 is 0 Å². The van der Waals surface area contributed by atoms with Crippen LogP contribution in [-0.4, -0.2) is 38.6 Å². The van der Waals surface area contributed by atoms with Gasteiger partial charge in [-0.1, -0.05) is 23.8 Å². The quantitative estimate of drug-likeness (QED) is 0.494. The number of fused-ring (bicyclic) bond motifs is 1. The molecule has 0 saturated carbocycles. The van der Waals surface area contributed by atoms with Crippen molar-refractivity contribution in [2.45, 2.75) is 43.9 Å². The number of allylic oxidation sites excluding steroid dienone is 1. The van der Waals surface area contributed by atoms with E-state index in [0.717, 1.165) is 19.3 Å². The maximum Gasteiger partial charge on any atom is 0.251 e. The number of sulfone groups is 1. The third kappa shape index (κ3) is 6.22. The van der Waals surface area contributed by atoms with E-state index in [9.17, 15) is 22.4 Å². The minimum atomic E-state index is -3.64. The summed E-state index contributed by atoms with van der Waals surface area (Å²) in [6.07, 6.45) is 7.72. The second-order valence-electron chi connectivity index (χ2n) is 8.74. The highest BCUT2D eigenvalue weighted by molar-refractivity contribution is 7.90. The maximum absolute atomic E-state index is 13.1. The normalized spacial score (nSPS) is 17.7. The van der Waals surface area contributed by atoms with Crippen molar-refractivity contribution in [1.29, 1.82) is 0 Å². The van der Waals surface area contributed by atoms with Crippen LogP contribution in [0.15, 0.2) is 54.1 Å². The summed E-state index contributed by atoms with van der Waals surface area (Å²) in [6, 6.07) is 9.14. The van der Waals surface area contributed by atoms with E-state index in [4.69, 9.17) is 0 Å². The fraction of sp³-hybridized carbons (Fsp3) is 0.360. The van der Waals surface area contributed by atoms with Gasteiger partial charge in [-0.2, -0.15) is 0 Å². The molecule has 2 aliphatic rings. The van der Waals surface area contributed by atoms with Crippen LogP contribution in [0.1, 0.15) is 48.0 Å². The molecule has 1 heterocycles. The van der Waals surface area contributed by atoms with E-state index in [-0.39, 0.29) is 11.7 Å². The zero-order chi connectivity index (χ0) is 24.1. The molecule has 4 rings (SSSR count). The third-order valence-electron chi connectivity index (χ3n) is 6.02. The SMILES string of the molecule is O=C(NCCC1=CCCCC1)c1ccc2c(c1)NC(=O)[C@@H](CS(=O)(=O)Cc1ccc(F)cc1)N2. The number of nitrogens with one attached hydrogen (secondary N) is 3. The lowest BCUT2D eigenvalue weighted by atomic mass is 9.97. The van der Waals surface area contributed by atoms with Gasteiger partial charge < -0.3 is 16.0 Å². The number of carbonyl (C=O) groups is 2. The van der Waals surface area contributed by atoms with Gasteiger partial charge in [-0.05, 0) is 68.0 Å². The smallest absolute Gasteiger partial charge is 0.251 e. The molecule has 1 aliphatic heterocycles. The zero-order valence-corrected chi connectivity index (χ0v) is 19.6. The Morgan fingerprint density at radius 1 is 1.09 bits per heavy atom. The van der Waals surface area contributed by atoms with Crippen LogP contribution >= 0.6 is 0 Å². The molecule has 1 aliphatic carbocycles. The molecule has 0 fully saturated rings. The number of rotatable bonds is 8. The number of hydrogen-bond acceptors (Lipinski definition) is 5. The molecule has 0 bridgehead atoms. The molecule has 0 radical (unpaired) electrons. The molecule has 2 aromatic rings. The molecular formula is C25H28FN3O4S. The predicted octanol–water partition coefficient (Wildman–Crippen LogP) is 3.79. The van der Waals surface area contributed by atoms with Gasteiger partial charge in [0.25, 0.3) is 5.91 Å². The molecule has 9 heteroatoms. The summed E-state index contributed by atoms with van der Waals surface area (Å²) in [5.41, 5.74) is 3.23. The van der Waals surface area contributed by atoms with Gasteiger partial charge in [-0.15, -0.1) is 0 Å². The first-order valence-electron chi connectivity index (χ1n) is 11.4. The molecule has 2 amide bonds. The largest absolute Gasteiger partial charge is 0.371 e. The first-order chi connectivity index (χ1) is 16.3. The topological polar surface area (TPSA) is 104 Å². The summed E-state index contributed by atoms with van der Waals surface area (Å²) in [5, 5.41) is 8.58. The van der Waals surface area contributed by atoms with E-state index in [1.165, 1.54) is 42.7 Å². The Hall–Kier alpha value is -3.20. The van der Waals surface area contributed by atoms with Gasteiger partial charge in [0.2, 0.25) is 5.91 Å². The summed E-state index contributed by atoms with van der Waals surface area (Å²) in [5.74, 6) is -1.86. The molecule has 0 saturated heterocycles. The lowest BCUT2D eigenvalue weighted by Gasteiger charge is -2.27. The van der Waals surface area contributed by atoms with Crippen LogP contribution < -0.4 is 16.0 Å². The molecule has 3 N–H and O–H groups in total. The van der Waals surface area contributed by atoms with Crippen LogP contribution in [-0.2, 0) is 20.4 Å². The molecule has 0 spiro atoms. The third-order valence-corrected chi connectivity index (χ3v) is 7.64. The molecule has 2 aromatic carbocycles. The second kappa shape index (κ2) is 10.4. The average molecular weight is 486 g/mol. The Bertz CT molecular complexity index is 1210. The summed E-state index contributed by atoms with van der Waals surface area (Å²) < 4.78 is 38.3. The van der Waals surface area contributed by atoms with Crippen molar-refractivity contribution in [1.82, 2.24) is 5.32 Å². The highest BCUT2D eigenvalue weighted by Crippen LogP contribution is 2.28. The van der Waals surface area contributed by atoms with Gasteiger partial charge in [0.1, 0.15) is 11.9 Å². The van der Waals surface area contributed by atoms with Gasteiger partial charge >= 0.3 is 0 Å².